The van der Waals surface area contributed by atoms with Gasteiger partial charge in [0.25, 0.3) is 5.91 Å². The van der Waals surface area contributed by atoms with Gasteiger partial charge in [-0.1, -0.05) is 48.5 Å². The molecule has 0 unspecified atom stereocenters. The number of hydrogen-bond donors (Lipinski definition) is 1. The van der Waals surface area contributed by atoms with Gasteiger partial charge in [-0.2, -0.15) is 0 Å². The highest BCUT2D eigenvalue weighted by Gasteiger charge is 2.18. The number of fused-ring (bicyclic) bond motifs is 1. The van der Waals surface area contributed by atoms with E-state index in [0.717, 1.165) is 41.7 Å². The topological polar surface area (TPSA) is 76.6 Å². The predicted octanol–water partition coefficient (Wildman–Crippen LogP) is 5.32. The molecule has 1 saturated heterocycles. The molecule has 1 N–H and O–H groups in total. The summed E-state index contributed by atoms with van der Waals surface area (Å²) in [6.45, 7) is 4.93. The minimum Gasteiger partial charge on any atom is -0.454 e. The molecule has 3 heterocycles. The maximum Gasteiger partial charge on any atom is 0.251 e. The molecule has 3 aromatic rings. The molecule has 0 radical (unpaired) electrons. The molecular formula is C26H27ClN4O3S. The van der Waals surface area contributed by atoms with Crippen LogP contribution in [0.25, 0.3) is 0 Å². The van der Waals surface area contributed by atoms with Crippen LogP contribution >= 0.6 is 23.4 Å². The number of halogens is 1. The fourth-order valence-electron chi connectivity index (χ4n) is 4.09. The summed E-state index contributed by atoms with van der Waals surface area (Å²) in [4.78, 5) is 24.0. The Morgan fingerprint density at radius 1 is 1.06 bits per heavy atom. The van der Waals surface area contributed by atoms with Crippen LogP contribution in [0.15, 0.2) is 53.7 Å². The van der Waals surface area contributed by atoms with Gasteiger partial charge in [-0.25, -0.2) is 9.97 Å². The van der Waals surface area contributed by atoms with Gasteiger partial charge in [0, 0.05) is 37.0 Å². The maximum atomic E-state index is 12.6. The lowest BCUT2D eigenvalue weighted by Crippen LogP contribution is -2.33. The molecule has 0 bridgehead atoms. The Kier molecular flexibility index (Phi) is 7.29. The van der Waals surface area contributed by atoms with Gasteiger partial charge in [-0.05, 0) is 54.2 Å². The van der Waals surface area contributed by atoms with Crippen LogP contribution in [0, 0.1) is 5.92 Å². The van der Waals surface area contributed by atoms with Crippen molar-refractivity contribution in [3.63, 3.8) is 0 Å². The first-order chi connectivity index (χ1) is 17.0. The minimum atomic E-state index is -0.125. The third kappa shape index (κ3) is 6.00. The number of nitrogens with one attached hydrogen (secondary N) is 1. The molecule has 1 aromatic heterocycles. The SMILES string of the molecule is CC1CCN(c2cc(Cl)nc(SCc3ccc(C(=O)NCc4ccc5c(c4)OCO5)cc3)n2)CC1. The van der Waals surface area contributed by atoms with E-state index in [-0.39, 0.29) is 12.7 Å². The summed E-state index contributed by atoms with van der Waals surface area (Å²) in [6, 6.07) is 15.1. The molecule has 35 heavy (non-hydrogen) atoms. The number of amides is 1. The standard InChI is InChI=1S/C26H27ClN4O3S/c1-17-8-10-31(11-9-17)24-13-23(27)29-26(30-24)35-15-18-2-5-20(6-3-18)25(32)28-14-19-4-7-21-22(12-19)34-16-33-21/h2-7,12-13,17H,8-11,14-16H2,1H3,(H,28,32). The molecule has 2 aliphatic heterocycles. The molecule has 0 saturated carbocycles. The van der Waals surface area contributed by atoms with Crippen molar-refractivity contribution >= 4 is 35.1 Å². The largest absolute Gasteiger partial charge is 0.454 e. The lowest BCUT2D eigenvalue weighted by atomic mass is 9.99. The number of thioether (sulfide) groups is 1. The van der Waals surface area contributed by atoms with E-state index in [1.807, 2.05) is 48.5 Å². The van der Waals surface area contributed by atoms with Crippen molar-refractivity contribution < 1.29 is 14.3 Å². The molecule has 0 atom stereocenters. The van der Waals surface area contributed by atoms with Crippen molar-refractivity contribution in [3.8, 4) is 11.5 Å². The van der Waals surface area contributed by atoms with E-state index < -0.39 is 0 Å². The highest BCUT2D eigenvalue weighted by atomic mass is 35.5. The molecule has 2 aliphatic rings. The second-order valence-corrected chi connectivity index (χ2v) is 10.2. The number of anilines is 1. The van der Waals surface area contributed by atoms with Gasteiger partial charge >= 0.3 is 0 Å². The minimum absolute atomic E-state index is 0.125. The second-order valence-electron chi connectivity index (χ2n) is 8.86. The second kappa shape index (κ2) is 10.7. The van der Waals surface area contributed by atoms with Crippen molar-refractivity contribution in [1.82, 2.24) is 15.3 Å². The van der Waals surface area contributed by atoms with Crippen LogP contribution in [-0.4, -0.2) is 35.8 Å². The van der Waals surface area contributed by atoms with Crippen molar-refractivity contribution in [2.45, 2.75) is 37.2 Å². The number of ether oxygens (including phenoxy) is 2. The molecule has 5 rings (SSSR count). The van der Waals surface area contributed by atoms with E-state index in [0.29, 0.717) is 33.9 Å². The highest BCUT2D eigenvalue weighted by Crippen LogP contribution is 2.32. The summed E-state index contributed by atoms with van der Waals surface area (Å²) < 4.78 is 10.7. The number of benzene rings is 2. The number of nitrogens with zero attached hydrogens (tertiary/aromatic N) is 3. The van der Waals surface area contributed by atoms with E-state index in [1.165, 1.54) is 12.8 Å². The van der Waals surface area contributed by atoms with Crippen molar-refractivity contribution in [1.29, 1.82) is 0 Å². The molecule has 2 aromatic carbocycles. The number of hydrogen-bond acceptors (Lipinski definition) is 7. The predicted molar refractivity (Wildman–Crippen MR) is 137 cm³/mol. The monoisotopic (exact) mass is 510 g/mol. The molecule has 182 valence electrons. The van der Waals surface area contributed by atoms with Crippen LogP contribution in [0.3, 0.4) is 0 Å². The lowest BCUT2D eigenvalue weighted by Gasteiger charge is -2.31. The van der Waals surface area contributed by atoms with E-state index in [4.69, 9.17) is 26.1 Å². The fraction of sp³-hybridized carbons (Fsp3) is 0.346. The van der Waals surface area contributed by atoms with E-state index >= 15 is 0 Å². The molecular weight excluding hydrogens is 484 g/mol. The van der Waals surface area contributed by atoms with Crippen molar-refractivity contribution in [2.75, 3.05) is 24.8 Å². The smallest absolute Gasteiger partial charge is 0.251 e. The first kappa shape index (κ1) is 23.8. The van der Waals surface area contributed by atoms with E-state index in [9.17, 15) is 4.79 Å². The van der Waals surface area contributed by atoms with Crippen LogP contribution in [0.5, 0.6) is 11.5 Å². The highest BCUT2D eigenvalue weighted by molar-refractivity contribution is 7.98. The Balaban J connectivity index is 1.15. The Bertz CT molecular complexity index is 1200. The van der Waals surface area contributed by atoms with Gasteiger partial charge in [0.2, 0.25) is 6.79 Å². The Labute approximate surface area is 214 Å². The van der Waals surface area contributed by atoms with Crippen LogP contribution in [0.4, 0.5) is 5.82 Å². The third-order valence-corrected chi connectivity index (χ3v) is 7.35. The number of rotatable bonds is 7. The van der Waals surface area contributed by atoms with Crippen molar-refractivity contribution in [2.24, 2.45) is 5.92 Å². The lowest BCUT2D eigenvalue weighted by molar-refractivity contribution is 0.0951. The number of carbonyl (C=O) groups excluding carboxylic acids is 1. The summed E-state index contributed by atoms with van der Waals surface area (Å²) in [6.07, 6.45) is 2.33. The van der Waals surface area contributed by atoms with Gasteiger partial charge in [0.05, 0.1) is 0 Å². The molecule has 1 amide bonds. The van der Waals surface area contributed by atoms with E-state index in [2.05, 4.69) is 22.1 Å². The molecule has 0 aliphatic carbocycles. The Hall–Kier alpha value is -2.97. The molecule has 1 fully saturated rings. The van der Waals surface area contributed by atoms with Crippen LogP contribution in [0.2, 0.25) is 5.15 Å². The maximum absolute atomic E-state index is 12.6. The van der Waals surface area contributed by atoms with Gasteiger partial charge in [-0.15, -0.1) is 0 Å². The summed E-state index contributed by atoms with van der Waals surface area (Å²) >= 11 is 7.83. The van der Waals surface area contributed by atoms with Gasteiger partial charge in [-0.3, -0.25) is 4.79 Å². The summed E-state index contributed by atoms with van der Waals surface area (Å²) in [7, 11) is 0. The van der Waals surface area contributed by atoms with Gasteiger partial charge in [0.15, 0.2) is 16.7 Å². The third-order valence-electron chi connectivity index (χ3n) is 6.24. The first-order valence-corrected chi connectivity index (χ1v) is 13.1. The number of piperidine rings is 1. The molecule has 9 heteroatoms. The number of aromatic nitrogens is 2. The van der Waals surface area contributed by atoms with Gasteiger partial charge in [0.1, 0.15) is 11.0 Å². The average molecular weight is 511 g/mol. The van der Waals surface area contributed by atoms with Crippen molar-refractivity contribution in [3.05, 3.63) is 70.4 Å². The zero-order chi connectivity index (χ0) is 24.2. The zero-order valence-corrected chi connectivity index (χ0v) is 21.1. The fourth-order valence-corrected chi connectivity index (χ4v) is 5.12. The molecule has 0 spiro atoms. The normalized spacial score (nSPS) is 15.3. The zero-order valence-electron chi connectivity index (χ0n) is 19.5. The molecule has 7 nitrogen and oxygen atoms in total. The summed E-state index contributed by atoms with van der Waals surface area (Å²) in [5.74, 6) is 3.66. The summed E-state index contributed by atoms with van der Waals surface area (Å²) in [5.41, 5.74) is 2.65. The van der Waals surface area contributed by atoms with E-state index in [1.54, 1.807) is 11.8 Å². The Morgan fingerprint density at radius 3 is 2.60 bits per heavy atom. The van der Waals surface area contributed by atoms with Crippen LogP contribution < -0.4 is 19.7 Å². The quantitative estimate of drug-likeness (QED) is 0.262. The van der Waals surface area contributed by atoms with Crippen LogP contribution in [0.1, 0.15) is 41.3 Å². The Morgan fingerprint density at radius 2 is 1.80 bits per heavy atom. The average Bonchev–Trinajstić information content (AvgIpc) is 3.34. The number of carbonyl (C=O) groups is 1. The van der Waals surface area contributed by atoms with Crippen LogP contribution in [-0.2, 0) is 12.3 Å². The van der Waals surface area contributed by atoms with Gasteiger partial charge < -0.3 is 19.7 Å². The first-order valence-electron chi connectivity index (χ1n) is 11.7. The summed E-state index contributed by atoms with van der Waals surface area (Å²) in [5, 5.41) is 4.08.